The number of hydrogen-bond acceptors (Lipinski definition) is 4. The van der Waals surface area contributed by atoms with Crippen LogP contribution in [-0.4, -0.2) is 19.6 Å². The Balaban J connectivity index is 2.31. The van der Waals surface area contributed by atoms with Crippen LogP contribution in [0.1, 0.15) is 0 Å². The molecule has 0 saturated heterocycles. The van der Waals surface area contributed by atoms with E-state index in [4.69, 9.17) is 17.3 Å². The summed E-state index contributed by atoms with van der Waals surface area (Å²) >= 11 is 6.11. The van der Waals surface area contributed by atoms with Crippen LogP contribution in [0.25, 0.3) is 16.8 Å². The number of aromatic nitrogens is 4. The number of nitrogens with two attached hydrogens (primary N) is 1. The number of halogens is 1. The van der Waals surface area contributed by atoms with E-state index in [0.29, 0.717) is 10.8 Å². The lowest BCUT2D eigenvalue weighted by Crippen LogP contribution is -1.92. The summed E-state index contributed by atoms with van der Waals surface area (Å²) in [5, 5.41) is 4.73. The smallest absolute Gasteiger partial charge is 0.162 e. The largest absolute Gasteiger partial charge is 0.384 e. The Kier molecular flexibility index (Phi) is 2.19. The average molecular weight is 246 g/mol. The van der Waals surface area contributed by atoms with Gasteiger partial charge in [-0.1, -0.05) is 11.6 Å². The normalized spacial score (nSPS) is 10.9. The second kappa shape index (κ2) is 3.71. The van der Waals surface area contributed by atoms with E-state index in [2.05, 4.69) is 15.1 Å². The molecule has 0 aliphatic rings. The van der Waals surface area contributed by atoms with Gasteiger partial charge in [-0.2, -0.15) is 5.10 Å². The molecule has 84 valence electrons. The number of hydrogen-bond donors (Lipinski definition) is 1. The number of nitrogen functional groups attached to an aromatic ring is 1. The molecule has 2 N–H and O–H groups in total. The lowest BCUT2D eigenvalue weighted by molar-refractivity contribution is 0.939. The van der Waals surface area contributed by atoms with Crippen LogP contribution in [0.15, 0.2) is 36.9 Å². The predicted octanol–water partition coefficient (Wildman–Crippen LogP) is 2.03. The summed E-state index contributed by atoms with van der Waals surface area (Å²) in [6, 6.07) is 3.53. The molecule has 0 spiro atoms. The third-order valence-corrected chi connectivity index (χ3v) is 2.75. The highest BCUT2D eigenvalue weighted by molar-refractivity contribution is 6.33. The molecule has 0 bridgehead atoms. The molecule has 0 aliphatic carbocycles. The van der Waals surface area contributed by atoms with E-state index in [1.54, 1.807) is 23.0 Å². The minimum absolute atomic E-state index is 0.416. The van der Waals surface area contributed by atoms with Gasteiger partial charge in [0, 0.05) is 29.7 Å². The van der Waals surface area contributed by atoms with Crippen LogP contribution in [-0.2, 0) is 0 Å². The van der Waals surface area contributed by atoms with Gasteiger partial charge in [0.25, 0.3) is 0 Å². The first-order valence-electron chi connectivity index (χ1n) is 4.95. The average Bonchev–Trinajstić information content (AvgIpc) is 2.76. The quantitative estimate of drug-likeness (QED) is 0.712. The van der Waals surface area contributed by atoms with Gasteiger partial charge in [-0.15, -0.1) is 0 Å². The van der Waals surface area contributed by atoms with Gasteiger partial charge >= 0.3 is 0 Å². The number of nitrogens with zero attached hydrogens (tertiary/aromatic N) is 4. The van der Waals surface area contributed by atoms with Crippen LogP contribution >= 0.6 is 11.6 Å². The van der Waals surface area contributed by atoms with Crippen molar-refractivity contribution < 1.29 is 0 Å². The third-order valence-electron chi connectivity index (χ3n) is 2.45. The van der Waals surface area contributed by atoms with Gasteiger partial charge in [-0.3, -0.25) is 0 Å². The van der Waals surface area contributed by atoms with Crippen molar-refractivity contribution in [3.05, 3.63) is 41.9 Å². The second-order valence-electron chi connectivity index (χ2n) is 3.54. The zero-order chi connectivity index (χ0) is 11.8. The van der Waals surface area contributed by atoms with Gasteiger partial charge in [0.15, 0.2) is 5.65 Å². The molecule has 3 aromatic rings. The lowest BCUT2D eigenvalue weighted by atomic mass is 10.1. The minimum Gasteiger partial charge on any atom is -0.384 e. The minimum atomic E-state index is 0.416. The fourth-order valence-corrected chi connectivity index (χ4v) is 1.88. The van der Waals surface area contributed by atoms with Crippen LogP contribution in [0.5, 0.6) is 0 Å². The zero-order valence-corrected chi connectivity index (χ0v) is 9.46. The standard InChI is InChI=1S/C11H8ClN5/c12-9-6-15-10(13)4-7(9)8-5-16-17-3-1-2-14-11(8)17/h1-6H,(H2,13,15). The maximum absolute atomic E-state index is 6.11. The van der Waals surface area contributed by atoms with E-state index in [1.165, 1.54) is 6.20 Å². The summed E-state index contributed by atoms with van der Waals surface area (Å²) in [4.78, 5) is 8.20. The summed E-state index contributed by atoms with van der Waals surface area (Å²) < 4.78 is 1.68. The molecule has 0 saturated carbocycles. The molecule has 0 aromatic carbocycles. The third kappa shape index (κ3) is 1.60. The number of pyridine rings is 1. The Bertz CT molecular complexity index is 691. The molecule has 17 heavy (non-hydrogen) atoms. The molecule has 0 unspecified atom stereocenters. The van der Waals surface area contributed by atoms with Crippen LogP contribution in [0.4, 0.5) is 5.82 Å². The van der Waals surface area contributed by atoms with E-state index in [1.807, 2.05) is 12.3 Å². The molecule has 5 nitrogen and oxygen atoms in total. The fourth-order valence-electron chi connectivity index (χ4n) is 1.68. The van der Waals surface area contributed by atoms with Crippen LogP contribution < -0.4 is 5.73 Å². The summed E-state index contributed by atoms with van der Waals surface area (Å²) in [7, 11) is 0. The number of rotatable bonds is 1. The second-order valence-corrected chi connectivity index (χ2v) is 3.94. The molecule has 3 aromatic heterocycles. The maximum atomic E-state index is 6.11. The van der Waals surface area contributed by atoms with Crippen molar-refractivity contribution >= 4 is 23.1 Å². The summed E-state index contributed by atoms with van der Waals surface area (Å²) in [5.41, 5.74) is 8.02. The van der Waals surface area contributed by atoms with Gasteiger partial charge in [0.1, 0.15) is 5.82 Å². The van der Waals surface area contributed by atoms with Crippen molar-refractivity contribution in [3.8, 4) is 11.1 Å². The Morgan fingerprint density at radius 1 is 1.18 bits per heavy atom. The number of anilines is 1. The van der Waals surface area contributed by atoms with Crippen molar-refractivity contribution in [2.45, 2.75) is 0 Å². The Morgan fingerprint density at radius 3 is 2.94 bits per heavy atom. The number of fused-ring (bicyclic) bond motifs is 1. The molecule has 0 fully saturated rings. The molecule has 0 amide bonds. The molecule has 0 atom stereocenters. The topological polar surface area (TPSA) is 69.1 Å². The summed E-state index contributed by atoms with van der Waals surface area (Å²) in [6.45, 7) is 0. The fraction of sp³-hybridized carbons (Fsp3) is 0. The van der Waals surface area contributed by atoms with Crippen LogP contribution in [0, 0.1) is 0 Å². The summed E-state index contributed by atoms with van der Waals surface area (Å²) in [6.07, 6.45) is 6.77. The highest BCUT2D eigenvalue weighted by atomic mass is 35.5. The van der Waals surface area contributed by atoms with Crippen LogP contribution in [0.2, 0.25) is 5.02 Å². The Hall–Kier alpha value is -2.14. The van der Waals surface area contributed by atoms with Crippen LogP contribution in [0.3, 0.4) is 0 Å². The van der Waals surface area contributed by atoms with Gasteiger partial charge in [-0.25, -0.2) is 14.5 Å². The van der Waals surface area contributed by atoms with E-state index >= 15 is 0 Å². The Morgan fingerprint density at radius 2 is 2.06 bits per heavy atom. The molecule has 0 radical (unpaired) electrons. The highest BCUT2D eigenvalue weighted by Crippen LogP contribution is 2.30. The molecular formula is C11H8ClN5. The zero-order valence-electron chi connectivity index (χ0n) is 8.71. The van der Waals surface area contributed by atoms with Crippen molar-refractivity contribution in [3.63, 3.8) is 0 Å². The monoisotopic (exact) mass is 245 g/mol. The highest BCUT2D eigenvalue weighted by Gasteiger charge is 2.11. The van der Waals surface area contributed by atoms with Crippen molar-refractivity contribution in [1.82, 2.24) is 19.6 Å². The first kappa shape index (κ1) is 10.0. The van der Waals surface area contributed by atoms with Crippen molar-refractivity contribution in [1.29, 1.82) is 0 Å². The first-order chi connectivity index (χ1) is 8.25. The molecule has 6 heteroatoms. The van der Waals surface area contributed by atoms with Gasteiger partial charge in [0.05, 0.1) is 11.2 Å². The van der Waals surface area contributed by atoms with E-state index < -0.39 is 0 Å². The molecular weight excluding hydrogens is 238 g/mol. The lowest BCUT2D eigenvalue weighted by Gasteiger charge is -2.02. The predicted molar refractivity (Wildman–Crippen MR) is 65.6 cm³/mol. The molecule has 0 aliphatic heterocycles. The van der Waals surface area contributed by atoms with E-state index in [0.717, 1.165) is 16.8 Å². The van der Waals surface area contributed by atoms with Gasteiger partial charge in [0.2, 0.25) is 0 Å². The molecule has 3 heterocycles. The summed E-state index contributed by atoms with van der Waals surface area (Å²) in [5.74, 6) is 0.416. The first-order valence-corrected chi connectivity index (χ1v) is 5.33. The Labute approximate surface area is 102 Å². The van der Waals surface area contributed by atoms with Gasteiger partial charge < -0.3 is 5.73 Å². The molecule has 3 rings (SSSR count). The van der Waals surface area contributed by atoms with E-state index in [9.17, 15) is 0 Å². The van der Waals surface area contributed by atoms with Crippen molar-refractivity contribution in [2.24, 2.45) is 0 Å². The maximum Gasteiger partial charge on any atom is 0.162 e. The van der Waals surface area contributed by atoms with Crippen molar-refractivity contribution in [2.75, 3.05) is 5.73 Å². The van der Waals surface area contributed by atoms with Gasteiger partial charge in [-0.05, 0) is 12.1 Å². The SMILES string of the molecule is Nc1cc(-c2cnn3cccnc23)c(Cl)cn1. The van der Waals surface area contributed by atoms with E-state index in [-0.39, 0.29) is 0 Å².